The molecule has 0 bridgehead atoms. The number of alkyl halides is 1. The molecular formula is C14H13ClFNO. The maximum Gasteiger partial charge on any atom is 0.219 e. The Hall–Kier alpha value is -1.61. The number of nitrogens with zero attached hydrogens (tertiary/aromatic N) is 1. The molecule has 2 rings (SSSR count). The van der Waals surface area contributed by atoms with E-state index in [2.05, 4.69) is 4.98 Å². The van der Waals surface area contributed by atoms with Gasteiger partial charge in [-0.05, 0) is 30.2 Å². The Morgan fingerprint density at radius 2 is 2.06 bits per heavy atom. The molecule has 94 valence electrons. The number of aromatic nitrogens is 1. The number of rotatable bonds is 4. The number of hydrogen-bond donors (Lipinski definition) is 0. The first kappa shape index (κ1) is 12.8. The summed E-state index contributed by atoms with van der Waals surface area (Å²) in [5.41, 5.74) is 1.79. The number of halogens is 2. The predicted molar refractivity (Wildman–Crippen MR) is 69.6 cm³/mol. The van der Waals surface area contributed by atoms with Crippen LogP contribution in [0.5, 0.6) is 11.6 Å². The Balaban J connectivity index is 2.31. The maximum absolute atomic E-state index is 13.5. The first-order chi connectivity index (χ1) is 8.72. The molecule has 0 saturated heterocycles. The van der Waals surface area contributed by atoms with Gasteiger partial charge in [0.25, 0.3) is 0 Å². The topological polar surface area (TPSA) is 22.1 Å². The summed E-state index contributed by atoms with van der Waals surface area (Å²) in [4.78, 5) is 4.29. The van der Waals surface area contributed by atoms with Gasteiger partial charge in [0.2, 0.25) is 5.88 Å². The summed E-state index contributed by atoms with van der Waals surface area (Å²) in [6, 6.07) is 9.88. The number of aryl methyl sites for hydroxylation is 1. The van der Waals surface area contributed by atoms with Crippen molar-refractivity contribution in [1.29, 1.82) is 0 Å². The normalized spacial score (nSPS) is 10.4. The summed E-state index contributed by atoms with van der Waals surface area (Å²) in [6.07, 6.45) is 0.776. The van der Waals surface area contributed by atoms with Crippen molar-refractivity contribution in [2.45, 2.75) is 19.2 Å². The molecule has 0 aliphatic heterocycles. The van der Waals surface area contributed by atoms with Crippen LogP contribution >= 0.6 is 11.6 Å². The van der Waals surface area contributed by atoms with Gasteiger partial charge in [-0.15, -0.1) is 11.6 Å². The second-order valence-electron chi connectivity index (χ2n) is 3.82. The fourth-order valence-electron chi connectivity index (χ4n) is 1.57. The van der Waals surface area contributed by atoms with Crippen molar-refractivity contribution in [3.8, 4) is 11.6 Å². The van der Waals surface area contributed by atoms with Crippen molar-refractivity contribution in [3.63, 3.8) is 0 Å². The molecular weight excluding hydrogens is 253 g/mol. The molecule has 4 heteroatoms. The van der Waals surface area contributed by atoms with Crippen LogP contribution in [0.2, 0.25) is 0 Å². The maximum atomic E-state index is 13.5. The van der Waals surface area contributed by atoms with Gasteiger partial charge in [0.1, 0.15) is 0 Å². The van der Waals surface area contributed by atoms with Crippen LogP contribution in [0.15, 0.2) is 36.4 Å². The highest BCUT2D eigenvalue weighted by Gasteiger charge is 2.07. The van der Waals surface area contributed by atoms with Crippen LogP contribution in [0, 0.1) is 5.82 Å². The van der Waals surface area contributed by atoms with Crippen molar-refractivity contribution < 1.29 is 9.13 Å². The van der Waals surface area contributed by atoms with Gasteiger partial charge in [0, 0.05) is 17.6 Å². The molecule has 0 spiro atoms. The molecule has 1 aromatic carbocycles. The lowest BCUT2D eigenvalue weighted by molar-refractivity contribution is 0.425. The van der Waals surface area contributed by atoms with E-state index in [0.29, 0.717) is 11.8 Å². The summed E-state index contributed by atoms with van der Waals surface area (Å²) in [5, 5.41) is 0. The van der Waals surface area contributed by atoms with Crippen molar-refractivity contribution >= 4 is 11.6 Å². The van der Waals surface area contributed by atoms with E-state index in [1.165, 1.54) is 6.07 Å². The molecule has 1 aromatic heterocycles. The van der Waals surface area contributed by atoms with Crippen LogP contribution in [0.3, 0.4) is 0 Å². The molecule has 0 radical (unpaired) electrons. The van der Waals surface area contributed by atoms with E-state index in [-0.39, 0.29) is 5.75 Å². The average Bonchev–Trinajstić information content (AvgIpc) is 2.41. The minimum atomic E-state index is -0.409. The van der Waals surface area contributed by atoms with E-state index in [1.807, 2.05) is 13.0 Å². The summed E-state index contributed by atoms with van der Waals surface area (Å²) < 4.78 is 18.9. The van der Waals surface area contributed by atoms with Crippen molar-refractivity contribution in [2.75, 3.05) is 0 Å². The first-order valence-corrected chi connectivity index (χ1v) is 6.24. The zero-order valence-electron chi connectivity index (χ0n) is 9.99. The SMILES string of the molecule is CCc1cc(CCl)cc(Oc2ccccc2F)n1. The van der Waals surface area contributed by atoms with Gasteiger partial charge in [0.05, 0.1) is 0 Å². The second kappa shape index (κ2) is 5.83. The van der Waals surface area contributed by atoms with E-state index in [9.17, 15) is 4.39 Å². The standard InChI is InChI=1S/C14H13ClFNO/c1-2-11-7-10(9-15)8-14(17-11)18-13-6-4-3-5-12(13)16/h3-8H,2,9H2,1H3. The van der Waals surface area contributed by atoms with Crippen LogP contribution in [0.4, 0.5) is 4.39 Å². The van der Waals surface area contributed by atoms with Gasteiger partial charge >= 0.3 is 0 Å². The highest BCUT2D eigenvalue weighted by atomic mass is 35.5. The van der Waals surface area contributed by atoms with Crippen molar-refractivity contribution in [2.24, 2.45) is 0 Å². The number of benzene rings is 1. The van der Waals surface area contributed by atoms with Gasteiger partial charge in [-0.2, -0.15) is 0 Å². The molecule has 1 heterocycles. The molecule has 0 amide bonds. The molecule has 0 saturated carbocycles. The van der Waals surface area contributed by atoms with Crippen LogP contribution in [0.25, 0.3) is 0 Å². The Morgan fingerprint density at radius 3 is 2.72 bits per heavy atom. The van der Waals surface area contributed by atoms with E-state index in [4.69, 9.17) is 16.3 Å². The summed E-state index contributed by atoms with van der Waals surface area (Å²) in [6.45, 7) is 1.99. The molecule has 0 fully saturated rings. The zero-order valence-corrected chi connectivity index (χ0v) is 10.7. The summed E-state index contributed by atoms with van der Waals surface area (Å²) in [7, 11) is 0. The highest BCUT2D eigenvalue weighted by molar-refractivity contribution is 6.17. The van der Waals surface area contributed by atoms with Crippen LogP contribution in [-0.2, 0) is 12.3 Å². The lowest BCUT2D eigenvalue weighted by Gasteiger charge is -2.08. The monoisotopic (exact) mass is 265 g/mol. The van der Waals surface area contributed by atoms with E-state index in [0.717, 1.165) is 17.7 Å². The van der Waals surface area contributed by atoms with E-state index >= 15 is 0 Å². The Morgan fingerprint density at radius 1 is 1.28 bits per heavy atom. The van der Waals surface area contributed by atoms with Crippen molar-refractivity contribution in [3.05, 3.63) is 53.5 Å². The van der Waals surface area contributed by atoms with Gasteiger partial charge in [-0.3, -0.25) is 0 Å². The third-order valence-electron chi connectivity index (χ3n) is 2.48. The predicted octanol–water partition coefficient (Wildman–Crippen LogP) is 4.31. The van der Waals surface area contributed by atoms with Gasteiger partial charge < -0.3 is 4.74 Å². The number of hydrogen-bond acceptors (Lipinski definition) is 2. The fraction of sp³-hybridized carbons (Fsp3) is 0.214. The quantitative estimate of drug-likeness (QED) is 0.769. The molecule has 2 aromatic rings. The average molecular weight is 266 g/mol. The Bertz CT molecular complexity index is 523. The minimum Gasteiger partial charge on any atom is -0.436 e. The third kappa shape index (κ3) is 2.99. The Kier molecular flexibility index (Phi) is 4.15. The zero-order chi connectivity index (χ0) is 13.0. The van der Waals surface area contributed by atoms with Crippen molar-refractivity contribution in [1.82, 2.24) is 4.98 Å². The molecule has 0 aliphatic rings. The number of pyridine rings is 1. The lowest BCUT2D eigenvalue weighted by atomic mass is 10.2. The largest absolute Gasteiger partial charge is 0.436 e. The third-order valence-corrected chi connectivity index (χ3v) is 2.79. The molecule has 0 atom stereocenters. The molecule has 18 heavy (non-hydrogen) atoms. The second-order valence-corrected chi connectivity index (χ2v) is 4.09. The van der Waals surface area contributed by atoms with Gasteiger partial charge in [-0.25, -0.2) is 9.37 Å². The molecule has 0 N–H and O–H groups in total. The van der Waals surface area contributed by atoms with E-state index in [1.54, 1.807) is 24.3 Å². The van der Waals surface area contributed by atoms with Crippen LogP contribution in [-0.4, -0.2) is 4.98 Å². The van der Waals surface area contributed by atoms with Crippen LogP contribution < -0.4 is 4.74 Å². The number of para-hydroxylation sites is 1. The van der Waals surface area contributed by atoms with E-state index < -0.39 is 5.82 Å². The lowest BCUT2D eigenvalue weighted by Crippen LogP contribution is -1.96. The first-order valence-electron chi connectivity index (χ1n) is 5.71. The minimum absolute atomic E-state index is 0.166. The molecule has 0 unspecified atom stereocenters. The summed E-state index contributed by atoms with van der Waals surface area (Å²) in [5.74, 6) is 0.505. The molecule has 2 nitrogen and oxygen atoms in total. The van der Waals surface area contributed by atoms with Gasteiger partial charge in [0.15, 0.2) is 11.6 Å². The smallest absolute Gasteiger partial charge is 0.219 e. The fourth-order valence-corrected chi connectivity index (χ4v) is 1.73. The van der Waals surface area contributed by atoms with Crippen LogP contribution in [0.1, 0.15) is 18.2 Å². The molecule has 0 aliphatic carbocycles. The Labute approximate surface area is 110 Å². The number of ether oxygens (including phenoxy) is 1. The highest BCUT2D eigenvalue weighted by Crippen LogP contribution is 2.24. The summed E-state index contributed by atoms with van der Waals surface area (Å²) >= 11 is 5.80. The van der Waals surface area contributed by atoms with Gasteiger partial charge in [-0.1, -0.05) is 19.1 Å².